The summed E-state index contributed by atoms with van der Waals surface area (Å²) < 4.78 is 39.7. The van der Waals surface area contributed by atoms with Crippen LogP contribution in [-0.4, -0.2) is 31.9 Å². The van der Waals surface area contributed by atoms with Crippen LogP contribution in [0, 0.1) is 18.7 Å². The average Bonchev–Trinajstić information content (AvgIpc) is 2.35. The number of piperidine rings is 1. The molecule has 0 aliphatic carbocycles. The van der Waals surface area contributed by atoms with E-state index in [2.05, 4.69) is 0 Å². The third kappa shape index (κ3) is 2.80. The number of nitrogens with two attached hydrogens (primary N) is 1. The topological polar surface area (TPSA) is 63.4 Å². The van der Waals surface area contributed by atoms with Gasteiger partial charge in [0, 0.05) is 19.1 Å². The molecule has 1 aromatic carbocycles. The van der Waals surface area contributed by atoms with E-state index in [1.54, 1.807) is 6.92 Å². The van der Waals surface area contributed by atoms with Gasteiger partial charge in [0.1, 0.15) is 5.82 Å². The first-order chi connectivity index (χ1) is 8.82. The molecule has 2 atom stereocenters. The highest BCUT2D eigenvalue weighted by Crippen LogP contribution is 2.25. The van der Waals surface area contributed by atoms with Crippen LogP contribution in [0.15, 0.2) is 23.1 Å². The number of benzene rings is 1. The largest absolute Gasteiger partial charge is 0.327 e. The molecule has 0 aromatic heterocycles. The molecule has 6 heteroatoms. The van der Waals surface area contributed by atoms with E-state index in [0.717, 1.165) is 6.07 Å². The first kappa shape index (κ1) is 14.4. The maximum Gasteiger partial charge on any atom is 0.243 e. The summed E-state index contributed by atoms with van der Waals surface area (Å²) >= 11 is 0. The van der Waals surface area contributed by atoms with Gasteiger partial charge in [-0.2, -0.15) is 4.31 Å². The summed E-state index contributed by atoms with van der Waals surface area (Å²) in [5, 5.41) is 0. The minimum absolute atomic E-state index is 0.0278. The van der Waals surface area contributed by atoms with Gasteiger partial charge in [0.05, 0.1) is 4.90 Å². The van der Waals surface area contributed by atoms with Gasteiger partial charge in [-0.15, -0.1) is 0 Å². The number of hydrogen-bond donors (Lipinski definition) is 1. The van der Waals surface area contributed by atoms with Gasteiger partial charge in [-0.1, -0.05) is 13.0 Å². The third-order valence-corrected chi connectivity index (χ3v) is 5.71. The number of aryl methyl sites for hydroxylation is 1. The van der Waals surface area contributed by atoms with Crippen molar-refractivity contribution in [2.45, 2.75) is 31.2 Å². The predicted octanol–water partition coefficient (Wildman–Crippen LogP) is 1.49. The lowest BCUT2D eigenvalue weighted by Crippen LogP contribution is -2.48. The van der Waals surface area contributed by atoms with Crippen molar-refractivity contribution >= 4 is 10.0 Å². The molecule has 0 bridgehead atoms. The fourth-order valence-electron chi connectivity index (χ4n) is 2.33. The van der Waals surface area contributed by atoms with Crippen molar-refractivity contribution in [2.75, 3.05) is 13.1 Å². The van der Waals surface area contributed by atoms with E-state index in [1.165, 1.54) is 16.4 Å². The van der Waals surface area contributed by atoms with Gasteiger partial charge < -0.3 is 5.73 Å². The molecule has 4 nitrogen and oxygen atoms in total. The van der Waals surface area contributed by atoms with E-state index in [4.69, 9.17) is 5.73 Å². The van der Waals surface area contributed by atoms with E-state index in [0.29, 0.717) is 25.1 Å². The lowest BCUT2D eigenvalue weighted by Gasteiger charge is -2.34. The fraction of sp³-hybridized carbons (Fsp3) is 0.538. The summed E-state index contributed by atoms with van der Waals surface area (Å²) in [6, 6.07) is 3.87. The molecule has 1 fully saturated rings. The van der Waals surface area contributed by atoms with Gasteiger partial charge in [-0.25, -0.2) is 12.8 Å². The Hall–Kier alpha value is -0.980. The Morgan fingerprint density at radius 2 is 2.11 bits per heavy atom. The van der Waals surface area contributed by atoms with Crippen molar-refractivity contribution in [1.29, 1.82) is 0 Å². The van der Waals surface area contributed by atoms with E-state index in [9.17, 15) is 12.8 Å². The maximum atomic E-state index is 13.3. The summed E-state index contributed by atoms with van der Waals surface area (Å²) in [6.07, 6.45) is 0.634. The maximum absolute atomic E-state index is 13.3. The Bertz CT molecular complexity index is 574. The Morgan fingerprint density at radius 1 is 1.42 bits per heavy atom. The molecule has 2 unspecified atom stereocenters. The fourth-order valence-corrected chi connectivity index (χ4v) is 4.13. The highest BCUT2D eigenvalue weighted by molar-refractivity contribution is 7.89. The summed E-state index contributed by atoms with van der Waals surface area (Å²) in [5.41, 5.74) is 6.45. The molecular weight excluding hydrogens is 267 g/mol. The zero-order chi connectivity index (χ0) is 14.2. The standard InChI is InChI=1S/C13H19FN2O2S/c1-9-3-4-11(14)7-13(9)19(17,18)16-6-5-12(15)10(2)8-16/h3-4,7,10,12H,5-6,8,15H2,1-2H3. The van der Waals surface area contributed by atoms with Gasteiger partial charge in [0.2, 0.25) is 10.0 Å². The molecule has 1 aliphatic heterocycles. The Balaban J connectivity index is 2.35. The van der Waals surface area contributed by atoms with Crippen LogP contribution < -0.4 is 5.73 Å². The van der Waals surface area contributed by atoms with Crippen molar-refractivity contribution in [2.24, 2.45) is 11.7 Å². The number of rotatable bonds is 2. The van der Waals surface area contributed by atoms with Crippen molar-refractivity contribution < 1.29 is 12.8 Å². The lowest BCUT2D eigenvalue weighted by molar-refractivity contribution is 0.250. The Labute approximate surface area is 113 Å². The van der Waals surface area contributed by atoms with E-state index < -0.39 is 15.8 Å². The van der Waals surface area contributed by atoms with Crippen LogP contribution >= 0.6 is 0 Å². The summed E-state index contributed by atoms with van der Waals surface area (Å²) in [4.78, 5) is 0.0511. The number of nitrogens with zero attached hydrogens (tertiary/aromatic N) is 1. The first-order valence-electron chi connectivity index (χ1n) is 6.34. The molecule has 0 radical (unpaired) electrons. The third-order valence-electron chi connectivity index (χ3n) is 3.70. The van der Waals surface area contributed by atoms with Crippen LogP contribution in [0.2, 0.25) is 0 Å². The first-order valence-corrected chi connectivity index (χ1v) is 7.78. The Morgan fingerprint density at radius 3 is 2.74 bits per heavy atom. The second kappa shape index (κ2) is 5.19. The molecule has 0 spiro atoms. The van der Waals surface area contributed by atoms with Crippen LogP contribution in [0.4, 0.5) is 4.39 Å². The van der Waals surface area contributed by atoms with Gasteiger partial charge in [0.15, 0.2) is 0 Å². The minimum Gasteiger partial charge on any atom is -0.327 e. The zero-order valence-corrected chi connectivity index (χ0v) is 12.0. The van der Waals surface area contributed by atoms with Gasteiger partial charge in [0.25, 0.3) is 0 Å². The number of sulfonamides is 1. The highest BCUT2D eigenvalue weighted by Gasteiger charge is 2.32. The van der Waals surface area contributed by atoms with E-state index >= 15 is 0 Å². The van der Waals surface area contributed by atoms with Gasteiger partial charge in [-0.3, -0.25) is 0 Å². The van der Waals surface area contributed by atoms with E-state index in [-0.39, 0.29) is 16.9 Å². The molecule has 1 saturated heterocycles. The second-order valence-electron chi connectivity index (χ2n) is 5.20. The highest BCUT2D eigenvalue weighted by atomic mass is 32.2. The van der Waals surface area contributed by atoms with Crippen molar-refractivity contribution in [1.82, 2.24) is 4.31 Å². The smallest absolute Gasteiger partial charge is 0.243 e. The molecule has 1 aromatic rings. The summed E-state index contributed by atoms with van der Waals surface area (Å²) in [7, 11) is -3.63. The summed E-state index contributed by atoms with van der Waals surface area (Å²) in [5.74, 6) is -0.427. The van der Waals surface area contributed by atoms with Crippen LogP contribution in [0.5, 0.6) is 0 Å². The summed E-state index contributed by atoms with van der Waals surface area (Å²) in [6.45, 7) is 4.39. The molecular formula is C13H19FN2O2S. The van der Waals surface area contributed by atoms with Crippen LogP contribution in [0.25, 0.3) is 0 Å². The lowest BCUT2D eigenvalue weighted by atomic mass is 9.96. The SMILES string of the molecule is Cc1ccc(F)cc1S(=O)(=O)N1CCC(N)C(C)C1. The molecule has 1 heterocycles. The van der Waals surface area contributed by atoms with Gasteiger partial charge >= 0.3 is 0 Å². The molecule has 0 amide bonds. The average molecular weight is 286 g/mol. The zero-order valence-electron chi connectivity index (χ0n) is 11.1. The molecule has 1 aliphatic rings. The Kier molecular flexibility index (Phi) is 3.94. The van der Waals surface area contributed by atoms with Crippen molar-refractivity contribution in [3.05, 3.63) is 29.6 Å². The number of halogens is 1. The van der Waals surface area contributed by atoms with Gasteiger partial charge in [-0.05, 0) is 37.0 Å². The van der Waals surface area contributed by atoms with Crippen LogP contribution in [0.1, 0.15) is 18.9 Å². The van der Waals surface area contributed by atoms with Crippen LogP contribution in [-0.2, 0) is 10.0 Å². The van der Waals surface area contributed by atoms with E-state index in [1.807, 2.05) is 6.92 Å². The van der Waals surface area contributed by atoms with Crippen LogP contribution in [0.3, 0.4) is 0 Å². The minimum atomic E-state index is -3.63. The normalized spacial score (nSPS) is 25.5. The van der Waals surface area contributed by atoms with Crippen molar-refractivity contribution in [3.63, 3.8) is 0 Å². The predicted molar refractivity (Wildman–Crippen MR) is 71.7 cm³/mol. The molecule has 2 rings (SSSR count). The molecule has 2 N–H and O–H groups in total. The number of hydrogen-bond acceptors (Lipinski definition) is 3. The second-order valence-corrected chi connectivity index (χ2v) is 7.11. The van der Waals surface area contributed by atoms with Crippen molar-refractivity contribution in [3.8, 4) is 0 Å². The quantitative estimate of drug-likeness (QED) is 0.896. The monoisotopic (exact) mass is 286 g/mol. The molecule has 0 saturated carbocycles. The molecule has 106 valence electrons. The molecule has 19 heavy (non-hydrogen) atoms.